The fourth-order valence-corrected chi connectivity index (χ4v) is 5.80. The second-order valence-corrected chi connectivity index (χ2v) is 11.8. The lowest BCUT2D eigenvalue weighted by molar-refractivity contribution is -0.165. The average molecular weight is 719 g/mol. The zero-order chi connectivity index (χ0) is 38.0. The van der Waals surface area contributed by atoms with E-state index in [1.54, 1.807) is 0 Å². The number of hydrogen-bond acceptors (Lipinski definition) is 14. The molecule has 4 aromatic rings. The van der Waals surface area contributed by atoms with Crippen LogP contribution in [0.2, 0.25) is 0 Å². The summed E-state index contributed by atoms with van der Waals surface area (Å²) >= 11 is 0. The smallest absolute Gasteiger partial charge is 0.345 e. The summed E-state index contributed by atoms with van der Waals surface area (Å²) in [6, 6.07) is 12.1. The maximum atomic E-state index is 14.2. The number of carbonyl (C=O) groups excluding carboxylic acids is 2. The Hall–Kier alpha value is -7.10. The third kappa shape index (κ3) is 7.40. The fourth-order valence-electron chi connectivity index (χ4n) is 5.80. The first-order valence-corrected chi connectivity index (χ1v) is 15.2. The molecule has 0 saturated heterocycles. The van der Waals surface area contributed by atoms with Crippen LogP contribution in [-0.4, -0.2) is 87.2 Å². The number of carboxylic acids is 2. The Kier molecular flexibility index (Phi) is 10.0. The number of phenols is 8. The van der Waals surface area contributed by atoms with Crippen LogP contribution in [0.1, 0.15) is 39.7 Å². The molecule has 0 radical (unpaired) electrons. The number of benzene rings is 4. The Morgan fingerprint density at radius 2 is 1.06 bits per heavy atom. The van der Waals surface area contributed by atoms with E-state index in [1.807, 2.05) is 0 Å². The van der Waals surface area contributed by atoms with Crippen molar-refractivity contribution in [1.29, 1.82) is 0 Å². The molecule has 0 unspecified atom stereocenters. The topological polar surface area (TPSA) is 289 Å². The van der Waals surface area contributed by atoms with Gasteiger partial charge in [0.15, 0.2) is 46.0 Å². The van der Waals surface area contributed by atoms with E-state index in [1.165, 1.54) is 24.3 Å². The van der Waals surface area contributed by atoms with Crippen molar-refractivity contribution >= 4 is 30.0 Å². The molecule has 1 aliphatic carbocycles. The molecular weight excluding hydrogens is 688 g/mol. The van der Waals surface area contributed by atoms with Gasteiger partial charge in [-0.3, -0.25) is 4.79 Å². The second-order valence-electron chi connectivity index (χ2n) is 11.8. The van der Waals surface area contributed by atoms with Gasteiger partial charge in [0.05, 0.1) is 5.92 Å². The van der Waals surface area contributed by atoms with Crippen LogP contribution < -0.4 is 0 Å². The van der Waals surface area contributed by atoms with E-state index in [2.05, 4.69) is 0 Å². The van der Waals surface area contributed by atoms with Gasteiger partial charge in [0, 0.05) is 29.9 Å². The van der Waals surface area contributed by atoms with Crippen molar-refractivity contribution in [1.82, 2.24) is 0 Å². The lowest BCUT2D eigenvalue weighted by Gasteiger charge is -2.34. The highest BCUT2D eigenvalue weighted by atomic mass is 16.6. The van der Waals surface area contributed by atoms with Gasteiger partial charge in [-0.25, -0.2) is 14.4 Å². The third-order valence-electron chi connectivity index (χ3n) is 8.35. The normalized spacial score (nSPS) is 16.1. The summed E-state index contributed by atoms with van der Waals surface area (Å²) in [6.07, 6.45) is -3.80. The molecule has 4 atom stereocenters. The summed E-state index contributed by atoms with van der Waals surface area (Å²) in [5, 5.41) is 101. The summed E-state index contributed by atoms with van der Waals surface area (Å²) in [5.41, 5.74) is -0.735. The molecular formula is C36H30O16. The Bertz CT molecular complexity index is 2120. The Morgan fingerprint density at radius 3 is 1.56 bits per heavy atom. The summed E-state index contributed by atoms with van der Waals surface area (Å²) in [7, 11) is 0. The number of carbonyl (C=O) groups is 4. The van der Waals surface area contributed by atoms with Gasteiger partial charge in [0.2, 0.25) is 12.2 Å². The van der Waals surface area contributed by atoms with Gasteiger partial charge >= 0.3 is 23.9 Å². The van der Waals surface area contributed by atoms with Crippen molar-refractivity contribution in [2.45, 2.75) is 36.9 Å². The van der Waals surface area contributed by atoms with Gasteiger partial charge in [-0.2, -0.15) is 0 Å². The molecule has 0 heterocycles. The fraction of sp³-hybridized carbons (Fsp3) is 0.167. The van der Waals surface area contributed by atoms with Crippen LogP contribution >= 0.6 is 0 Å². The van der Waals surface area contributed by atoms with Crippen molar-refractivity contribution in [2.75, 3.05) is 0 Å². The molecule has 0 aromatic heterocycles. The molecule has 16 nitrogen and oxygen atoms in total. The van der Waals surface area contributed by atoms with Crippen LogP contribution in [0.3, 0.4) is 0 Å². The predicted octanol–water partition coefficient (Wildman–Crippen LogP) is 3.07. The maximum absolute atomic E-state index is 14.2. The lowest BCUT2D eigenvalue weighted by Crippen LogP contribution is -2.37. The Labute approximate surface area is 292 Å². The molecule has 0 saturated carbocycles. The van der Waals surface area contributed by atoms with Crippen LogP contribution in [0.4, 0.5) is 0 Å². The lowest BCUT2D eigenvalue weighted by atomic mass is 9.71. The van der Waals surface area contributed by atoms with Crippen molar-refractivity contribution in [2.24, 2.45) is 0 Å². The number of fused-ring (bicyclic) bond motifs is 1. The van der Waals surface area contributed by atoms with Crippen molar-refractivity contribution in [3.05, 3.63) is 100 Å². The molecule has 0 fully saturated rings. The first-order valence-electron chi connectivity index (χ1n) is 15.2. The number of rotatable bonds is 11. The predicted molar refractivity (Wildman–Crippen MR) is 175 cm³/mol. The minimum atomic E-state index is -1.97. The molecule has 52 heavy (non-hydrogen) atoms. The van der Waals surface area contributed by atoms with Gasteiger partial charge < -0.3 is 60.5 Å². The minimum absolute atomic E-state index is 0.0749. The van der Waals surface area contributed by atoms with E-state index < -0.39 is 112 Å². The number of hydrogen-bond donors (Lipinski definition) is 10. The van der Waals surface area contributed by atoms with E-state index in [9.17, 15) is 70.2 Å². The van der Waals surface area contributed by atoms with Crippen molar-refractivity contribution < 1.29 is 79.7 Å². The SMILES string of the molecule is O=C(O[C@H](Cc1ccc(O)c(O)c1)C(=O)O)C1=Cc2ccc(O)c(O)c2[C@@H](C(=O)O[C@H](Cc2ccc(O)c(O)c2)C(=O)O)[C@@H]1c1ccc(O)c(O)c1. The number of aromatic hydroxyl groups is 8. The van der Waals surface area contributed by atoms with Crippen LogP contribution in [-0.2, 0) is 41.5 Å². The highest BCUT2D eigenvalue weighted by Crippen LogP contribution is 2.52. The third-order valence-corrected chi connectivity index (χ3v) is 8.35. The van der Waals surface area contributed by atoms with E-state index in [4.69, 9.17) is 9.47 Å². The van der Waals surface area contributed by atoms with E-state index in [0.717, 1.165) is 48.5 Å². The second kappa shape index (κ2) is 14.4. The van der Waals surface area contributed by atoms with Gasteiger partial charge in [-0.05, 0) is 70.8 Å². The van der Waals surface area contributed by atoms with E-state index >= 15 is 0 Å². The van der Waals surface area contributed by atoms with Crippen LogP contribution in [0.25, 0.3) is 6.08 Å². The average Bonchev–Trinajstić information content (AvgIpc) is 3.09. The Balaban J connectivity index is 1.61. The molecule has 0 spiro atoms. The molecule has 1 aliphatic rings. The molecule has 16 heteroatoms. The molecule has 0 aliphatic heterocycles. The molecule has 0 bridgehead atoms. The van der Waals surface area contributed by atoms with Gasteiger partial charge in [0.1, 0.15) is 0 Å². The highest BCUT2D eigenvalue weighted by molar-refractivity contribution is 6.01. The number of carboxylic acid groups (broad SMARTS) is 2. The monoisotopic (exact) mass is 718 g/mol. The highest BCUT2D eigenvalue weighted by Gasteiger charge is 2.46. The molecule has 270 valence electrons. The first kappa shape index (κ1) is 36.2. The molecule has 5 rings (SSSR count). The summed E-state index contributed by atoms with van der Waals surface area (Å²) in [6.45, 7) is 0. The number of esters is 2. The zero-order valence-corrected chi connectivity index (χ0v) is 26.6. The largest absolute Gasteiger partial charge is 0.504 e. The zero-order valence-electron chi connectivity index (χ0n) is 26.6. The minimum Gasteiger partial charge on any atom is -0.504 e. The van der Waals surface area contributed by atoms with E-state index in [0.29, 0.717) is 0 Å². The first-order chi connectivity index (χ1) is 24.5. The maximum Gasteiger partial charge on any atom is 0.345 e. The summed E-state index contributed by atoms with van der Waals surface area (Å²) < 4.78 is 10.8. The Morgan fingerprint density at radius 1 is 0.577 bits per heavy atom. The summed E-state index contributed by atoms with van der Waals surface area (Å²) in [5.74, 6) is -14.6. The number of phenolic OH excluding ortho intramolecular Hbond substituents is 8. The van der Waals surface area contributed by atoms with Gasteiger partial charge in [-0.15, -0.1) is 0 Å². The van der Waals surface area contributed by atoms with Crippen LogP contribution in [0.15, 0.2) is 72.3 Å². The number of aliphatic carboxylic acids is 2. The quantitative estimate of drug-likeness (QED) is 0.0787. The summed E-state index contributed by atoms with van der Waals surface area (Å²) in [4.78, 5) is 52.7. The van der Waals surface area contributed by atoms with Gasteiger partial charge in [0.25, 0.3) is 0 Å². The standard InChI is InChI=1S/C36H30O16/c37-20-5-1-15(9-24(20)41)11-27(33(45)46)51-35(49)19-13-17-4-8-23(40)32(44)30(17)31(29(19)18-3-7-22(39)26(43)14-18)36(50)52-28(34(47)48)12-16-2-6-21(38)25(42)10-16/h1-10,13-14,27-29,31,37-44H,11-12H2,(H,45,46)(H,47,48)/t27-,28-,29-,31+/m1/s1. The van der Waals surface area contributed by atoms with Crippen LogP contribution in [0, 0.1) is 0 Å². The van der Waals surface area contributed by atoms with Crippen molar-refractivity contribution in [3.8, 4) is 46.0 Å². The van der Waals surface area contributed by atoms with E-state index in [-0.39, 0.29) is 27.8 Å². The van der Waals surface area contributed by atoms with Crippen LogP contribution in [0.5, 0.6) is 46.0 Å². The molecule has 0 amide bonds. The molecule has 10 N–H and O–H groups in total. The molecule has 4 aromatic carbocycles. The van der Waals surface area contributed by atoms with Gasteiger partial charge in [-0.1, -0.05) is 24.3 Å². The van der Waals surface area contributed by atoms with Crippen molar-refractivity contribution in [3.63, 3.8) is 0 Å². The number of ether oxygens (including phenoxy) is 2.